The highest BCUT2D eigenvalue weighted by Gasteiger charge is 2.50. The number of benzene rings is 1. The Kier molecular flexibility index (Phi) is 7.54. The van der Waals surface area contributed by atoms with E-state index < -0.39 is 5.41 Å². The van der Waals surface area contributed by atoms with E-state index in [-0.39, 0.29) is 18.4 Å². The van der Waals surface area contributed by atoms with Crippen molar-refractivity contribution in [1.82, 2.24) is 30.5 Å². The first-order chi connectivity index (χ1) is 15.9. The number of aryl methyl sites for hydroxylation is 1. The van der Waals surface area contributed by atoms with Crippen molar-refractivity contribution in [1.29, 1.82) is 0 Å². The summed E-state index contributed by atoms with van der Waals surface area (Å²) in [5, 5.41) is 17.0. The van der Waals surface area contributed by atoms with E-state index in [0.29, 0.717) is 37.1 Å². The highest BCUT2D eigenvalue weighted by molar-refractivity contribution is 5.86. The lowest BCUT2D eigenvalue weighted by molar-refractivity contribution is -0.133. The average Bonchev–Trinajstić information content (AvgIpc) is 3.23. The molecule has 1 aliphatic rings. The number of aromatic amines is 1. The molecule has 0 bridgehead atoms. The smallest absolute Gasteiger partial charge is 0.290 e. The van der Waals surface area contributed by atoms with E-state index in [2.05, 4.69) is 30.5 Å². The van der Waals surface area contributed by atoms with Gasteiger partial charge in [-0.1, -0.05) is 12.1 Å². The van der Waals surface area contributed by atoms with E-state index in [4.69, 9.17) is 14.6 Å². The van der Waals surface area contributed by atoms with Gasteiger partial charge < -0.3 is 20.1 Å². The fourth-order valence-corrected chi connectivity index (χ4v) is 3.76. The van der Waals surface area contributed by atoms with Crippen molar-refractivity contribution in [3.05, 3.63) is 59.9 Å². The molecule has 4 rings (SSSR count). The van der Waals surface area contributed by atoms with Gasteiger partial charge in [0.2, 0.25) is 11.9 Å². The summed E-state index contributed by atoms with van der Waals surface area (Å²) >= 11 is 0. The second-order valence-corrected chi connectivity index (χ2v) is 7.79. The molecular weight excluding hydrogens is 426 g/mol. The number of hydrogen-bond acceptors (Lipinski definition) is 8. The van der Waals surface area contributed by atoms with Crippen LogP contribution in [-0.4, -0.2) is 62.8 Å². The standard InChI is InChI=1S/C21H25N7O2.CH2O2/c1-14(18-25-15(2)26-27-18)24-19(29)21(11-16-6-4-7-17(10-16)30-3)12-28(13-21)20-22-8-5-9-23-20;2-1-3/h4-10,14H,11-13H2,1-3H3,(H,24,29)(H,25,26,27);1H,(H,2,3). The predicted octanol–water partition coefficient (Wildman–Crippen LogP) is 1.54. The molecule has 1 unspecified atom stereocenters. The zero-order chi connectivity index (χ0) is 23.8. The second-order valence-electron chi connectivity index (χ2n) is 7.79. The SMILES string of the molecule is COc1cccc(CC2(C(=O)NC(C)c3n[nH]c(C)n3)CN(c3ncccn3)C2)c1.O=CO. The number of nitrogens with one attached hydrogen (secondary N) is 2. The number of amides is 1. The number of nitrogens with zero attached hydrogens (tertiary/aromatic N) is 5. The summed E-state index contributed by atoms with van der Waals surface area (Å²) in [5.74, 6) is 2.65. The molecule has 1 aromatic carbocycles. The lowest BCUT2D eigenvalue weighted by atomic mass is 9.73. The van der Waals surface area contributed by atoms with Gasteiger partial charge in [0.05, 0.1) is 18.6 Å². The number of carboxylic acid groups (broad SMARTS) is 1. The van der Waals surface area contributed by atoms with Crippen molar-refractivity contribution >= 4 is 18.3 Å². The van der Waals surface area contributed by atoms with E-state index in [0.717, 1.165) is 11.3 Å². The van der Waals surface area contributed by atoms with Gasteiger partial charge in [-0.25, -0.2) is 15.0 Å². The first kappa shape index (κ1) is 23.6. The van der Waals surface area contributed by atoms with E-state index >= 15 is 0 Å². The molecule has 1 amide bonds. The third kappa shape index (κ3) is 5.62. The highest BCUT2D eigenvalue weighted by atomic mass is 16.5. The molecule has 0 spiro atoms. The molecular formula is C22H27N7O4. The van der Waals surface area contributed by atoms with Crippen molar-refractivity contribution < 1.29 is 19.4 Å². The maximum atomic E-state index is 13.4. The van der Waals surface area contributed by atoms with E-state index in [1.807, 2.05) is 43.0 Å². The Morgan fingerprint density at radius 1 is 1.33 bits per heavy atom. The largest absolute Gasteiger partial charge is 0.497 e. The number of rotatable bonds is 7. The van der Waals surface area contributed by atoms with Crippen molar-refractivity contribution in [3.63, 3.8) is 0 Å². The van der Waals surface area contributed by atoms with Crippen LogP contribution in [-0.2, 0) is 16.0 Å². The highest BCUT2D eigenvalue weighted by Crippen LogP contribution is 2.37. The van der Waals surface area contributed by atoms with E-state index in [1.54, 1.807) is 25.6 Å². The van der Waals surface area contributed by atoms with Crippen LogP contribution in [0.5, 0.6) is 5.75 Å². The van der Waals surface area contributed by atoms with Crippen LogP contribution < -0.4 is 15.0 Å². The number of ether oxygens (including phenoxy) is 1. The van der Waals surface area contributed by atoms with Crippen LogP contribution in [0.25, 0.3) is 0 Å². The minimum atomic E-state index is -0.606. The van der Waals surface area contributed by atoms with Crippen LogP contribution in [0.1, 0.15) is 30.2 Å². The second kappa shape index (κ2) is 10.5. The predicted molar refractivity (Wildman–Crippen MR) is 120 cm³/mol. The van der Waals surface area contributed by atoms with Gasteiger partial charge in [0.25, 0.3) is 6.47 Å². The minimum Gasteiger partial charge on any atom is -0.497 e. The van der Waals surface area contributed by atoms with Gasteiger partial charge in [-0.05, 0) is 44.0 Å². The Bertz CT molecular complexity index is 1070. The number of aromatic nitrogens is 5. The molecule has 0 radical (unpaired) electrons. The molecule has 11 nitrogen and oxygen atoms in total. The molecule has 1 fully saturated rings. The summed E-state index contributed by atoms with van der Waals surface area (Å²) in [6, 6.07) is 9.30. The fraction of sp³-hybridized carbons (Fsp3) is 0.364. The fourth-order valence-electron chi connectivity index (χ4n) is 3.76. The monoisotopic (exact) mass is 453 g/mol. The summed E-state index contributed by atoms with van der Waals surface area (Å²) < 4.78 is 5.35. The van der Waals surface area contributed by atoms with Crippen LogP contribution in [0.15, 0.2) is 42.7 Å². The van der Waals surface area contributed by atoms with Crippen LogP contribution in [0.3, 0.4) is 0 Å². The quantitative estimate of drug-likeness (QED) is 0.453. The van der Waals surface area contributed by atoms with Gasteiger partial charge in [0.1, 0.15) is 11.6 Å². The summed E-state index contributed by atoms with van der Waals surface area (Å²) in [5.41, 5.74) is 0.435. The molecule has 3 aromatic rings. The normalized spacial score (nSPS) is 14.8. The summed E-state index contributed by atoms with van der Waals surface area (Å²) in [6.45, 7) is 4.52. The van der Waals surface area contributed by atoms with Gasteiger partial charge in [-0.3, -0.25) is 14.7 Å². The topological polar surface area (TPSA) is 146 Å². The molecule has 0 aliphatic carbocycles. The molecule has 3 N–H and O–H groups in total. The maximum absolute atomic E-state index is 13.4. The Labute approximate surface area is 191 Å². The number of anilines is 1. The summed E-state index contributed by atoms with van der Waals surface area (Å²) in [6.07, 6.45) is 4.00. The molecule has 3 heterocycles. The number of carbonyl (C=O) groups excluding carboxylic acids is 1. The Hall–Kier alpha value is -4.02. The van der Waals surface area contributed by atoms with Crippen LogP contribution in [0, 0.1) is 12.3 Å². The first-order valence-electron chi connectivity index (χ1n) is 10.3. The van der Waals surface area contributed by atoms with Gasteiger partial charge in [0, 0.05) is 25.5 Å². The third-order valence-electron chi connectivity index (χ3n) is 5.33. The summed E-state index contributed by atoms with van der Waals surface area (Å²) in [7, 11) is 1.64. The lowest BCUT2D eigenvalue weighted by Crippen LogP contribution is -2.65. The van der Waals surface area contributed by atoms with Crippen molar-refractivity contribution in [2.24, 2.45) is 5.41 Å². The van der Waals surface area contributed by atoms with Crippen LogP contribution >= 0.6 is 0 Å². The van der Waals surface area contributed by atoms with Crippen molar-refractivity contribution in [2.75, 3.05) is 25.1 Å². The molecule has 2 aromatic heterocycles. The zero-order valence-corrected chi connectivity index (χ0v) is 18.7. The molecule has 1 atom stereocenters. The Balaban J connectivity index is 0.000000968. The summed E-state index contributed by atoms with van der Waals surface area (Å²) in [4.78, 5) is 36.7. The van der Waals surface area contributed by atoms with E-state index in [1.165, 1.54) is 0 Å². The maximum Gasteiger partial charge on any atom is 0.290 e. The van der Waals surface area contributed by atoms with Gasteiger partial charge >= 0.3 is 0 Å². The van der Waals surface area contributed by atoms with Crippen LogP contribution in [0.2, 0.25) is 0 Å². The average molecular weight is 454 g/mol. The molecule has 33 heavy (non-hydrogen) atoms. The van der Waals surface area contributed by atoms with Crippen LogP contribution in [0.4, 0.5) is 5.95 Å². The number of carbonyl (C=O) groups is 2. The van der Waals surface area contributed by atoms with Crippen molar-refractivity contribution in [2.45, 2.75) is 26.3 Å². The first-order valence-corrected chi connectivity index (χ1v) is 10.3. The van der Waals surface area contributed by atoms with Gasteiger partial charge in [-0.2, -0.15) is 5.10 Å². The number of hydrogen-bond donors (Lipinski definition) is 3. The number of methoxy groups -OCH3 is 1. The van der Waals surface area contributed by atoms with E-state index in [9.17, 15) is 4.79 Å². The van der Waals surface area contributed by atoms with Gasteiger partial charge in [0.15, 0.2) is 5.82 Å². The minimum absolute atomic E-state index is 0.0348. The third-order valence-corrected chi connectivity index (χ3v) is 5.33. The Morgan fingerprint density at radius 3 is 2.64 bits per heavy atom. The molecule has 1 aliphatic heterocycles. The Morgan fingerprint density at radius 2 is 2.03 bits per heavy atom. The lowest BCUT2D eigenvalue weighted by Gasteiger charge is -2.49. The van der Waals surface area contributed by atoms with Gasteiger partial charge in [-0.15, -0.1) is 0 Å². The zero-order valence-electron chi connectivity index (χ0n) is 18.7. The molecule has 1 saturated heterocycles. The molecule has 0 saturated carbocycles. The molecule has 174 valence electrons. The molecule has 11 heteroatoms. The van der Waals surface area contributed by atoms with Crippen molar-refractivity contribution in [3.8, 4) is 5.75 Å². The number of H-pyrrole nitrogens is 1.